The van der Waals surface area contributed by atoms with E-state index < -0.39 is 12.0 Å². The predicted molar refractivity (Wildman–Crippen MR) is 74.2 cm³/mol. The van der Waals surface area contributed by atoms with Crippen LogP contribution in [-0.2, 0) is 6.18 Å². The summed E-state index contributed by atoms with van der Waals surface area (Å²) in [6.07, 6.45) is -4.64. The van der Waals surface area contributed by atoms with E-state index in [0.717, 1.165) is 10.0 Å². The van der Waals surface area contributed by atoms with Gasteiger partial charge in [0, 0.05) is 16.2 Å². The largest absolute Gasteiger partial charge is 0.451 e. The maximum Gasteiger partial charge on any atom is 0.451 e. The van der Waals surface area contributed by atoms with Gasteiger partial charge in [-0.3, -0.25) is 0 Å². The zero-order valence-corrected chi connectivity index (χ0v) is 12.4. The van der Waals surface area contributed by atoms with Crippen LogP contribution in [0.15, 0.2) is 28.7 Å². The van der Waals surface area contributed by atoms with Crippen LogP contribution >= 0.6 is 27.5 Å². The van der Waals surface area contributed by atoms with Crippen molar-refractivity contribution >= 4 is 39.0 Å². The second kappa shape index (κ2) is 5.57. The van der Waals surface area contributed by atoms with E-state index in [0.29, 0.717) is 5.69 Å². The quantitative estimate of drug-likeness (QED) is 0.763. The number of aromatic nitrogens is 2. The van der Waals surface area contributed by atoms with E-state index >= 15 is 0 Å². The Morgan fingerprint density at radius 3 is 2.50 bits per heavy atom. The van der Waals surface area contributed by atoms with E-state index in [1.54, 1.807) is 18.2 Å². The third-order valence-electron chi connectivity index (χ3n) is 2.38. The zero-order valence-electron chi connectivity index (χ0n) is 10.1. The van der Waals surface area contributed by atoms with Crippen LogP contribution < -0.4 is 5.32 Å². The zero-order chi connectivity index (χ0) is 14.9. The molecule has 1 N–H and O–H groups in total. The first-order valence-electron chi connectivity index (χ1n) is 5.40. The van der Waals surface area contributed by atoms with Crippen LogP contribution in [0.1, 0.15) is 11.4 Å². The van der Waals surface area contributed by atoms with Crippen LogP contribution in [0, 0.1) is 6.92 Å². The summed E-state index contributed by atoms with van der Waals surface area (Å²) >= 11 is 8.92. The van der Waals surface area contributed by atoms with Crippen molar-refractivity contribution in [3.8, 4) is 0 Å². The van der Waals surface area contributed by atoms with Crippen LogP contribution in [0.25, 0.3) is 0 Å². The molecule has 2 aromatic rings. The Morgan fingerprint density at radius 2 is 1.90 bits per heavy atom. The van der Waals surface area contributed by atoms with E-state index in [-0.39, 0.29) is 11.0 Å². The highest BCUT2D eigenvalue weighted by Gasteiger charge is 2.35. The van der Waals surface area contributed by atoms with E-state index in [2.05, 4.69) is 31.2 Å². The van der Waals surface area contributed by atoms with Crippen molar-refractivity contribution in [2.45, 2.75) is 13.1 Å². The molecule has 106 valence electrons. The molecule has 0 atom stereocenters. The fourth-order valence-electron chi connectivity index (χ4n) is 1.48. The van der Waals surface area contributed by atoms with Crippen molar-refractivity contribution in [3.05, 3.63) is 45.3 Å². The Kier molecular flexibility index (Phi) is 4.19. The second-order valence-electron chi connectivity index (χ2n) is 3.99. The summed E-state index contributed by atoms with van der Waals surface area (Å²) < 4.78 is 38.7. The SMILES string of the molecule is Cc1cc(Nc2cc(Cl)nc(C(F)(F)F)n2)ccc1Br. The first kappa shape index (κ1) is 15.1. The Hall–Kier alpha value is -1.34. The molecule has 0 aliphatic carbocycles. The van der Waals surface area contributed by atoms with Gasteiger partial charge in [0.25, 0.3) is 0 Å². The summed E-state index contributed by atoms with van der Waals surface area (Å²) in [5, 5.41) is 2.49. The molecule has 0 saturated heterocycles. The van der Waals surface area contributed by atoms with E-state index in [1.165, 1.54) is 6.07 Å². The summed E-state index contributed by atoms with van der Waals surface area (Å²) in [7, 11) is 0. The first-order chi connectivity index (χ1) is 9.25. The third kappa shape index (κ3) is 3.61. The molecule has 1 heterocycles. The van der Waals surface area contributed by atoms with Crippen molar-refractivity contribution in [2.75, 3.05) is 5.32 Å². The van der Waals surface area contributed by atoms with Crippen molar-refractivity contribution < 1.29 is 13.2 Å². The molecule has 0 amide bonds. The fraction of sp³-hybridized carbons (Fsp3) is 0.167. The molecular formula is C12H8BrClF3N3. The monoisotopic (exact) mass is 365 g/mol. The van der Waals surface area contributed by atoms with Crippen molar-refractivity contribution in [2.24, 2.45) is 0 Å². The van der Waals surface area contributed by atoms with Gasteiger partial charge in [-0.2, -0.15) is 13.2 Å². The van der Waals surface area contributed by atoms with Crippen LogP contribution in [0.3, 0.4) is 0 Å². The molecular weight excluding hydrogens is 359 g/mol. The number of benzene rings is 1. The summed E-state index contributed by atoms with van der Waals surface area (Å²) in [4.78, 5) is 6.57. The van der Waals surface area contributed by atoms with Crippen LogP contribution in [0.5, 0.6) is 0 Å². The summed E-state index contributed by atoms with van der Waals surface area (Å²) in [6, 6.07) is 6.49. The molecule has 0 unspecified atom stereocenters. The number of halogens is 5. The first-order valence-corrected chi connectivity index (χ1v) is 6.58. The van der Waals surface area contributed by atoms with Crippen LogP contribution in [0.2, 0.25) is 5.15 Å². The van der Waals surface area contributed by atoms with E-state index in [9.17, 15) is 13.2 Å². The minimum Gasteiger partial charge on any atom is -0.340 e. The van der Waals surface area contributed by atoms with Gasteiger partial charge in [-0.1, -0.05) is 27.5 Å². The van der Waals surface area contributed by atoms with Crippen LogP contribution in [0.4, 0.5) is 24.7 Å². The minimum absolute atomic E-state index is 0.0148. The molecule has 3 nitrogen and oxygen atoms in total. The molecule has 0 aliphatic rings. The Bertz CT molecular complexity index is 646. The average molecular weight is 367 g/mol. The highest BCUT2D eigenvalue weighted by Crippen LogP contribution is 2.29. The molecule has 0 aliphatic heterocycles. The lowest BCUT2D eigenvalue weighted by molar-refractivity contribution is -0.144. The van der Waals surface area contributed by atoms with Gasteiger partial charge < -0.3 is 5.32 Å². The predicted octanol–water partition coefficient (Wildman–Crippen LogP) is 4.96. The normalized spacial score (nSPS) is 11.5. The van der Waals surface area contributed by atoms with Crippen molar-refractivity contribution in [1.82, 2.24) is 9.97 Å². The van der Waals surface area contributed by atoms with Gasteiger partial charge in [-0.15, -0.1) is 0 Å². The number of rotatable bonds is 2. The molecule has 8 heteroatoms. The van der Waals surface area contributed by atoms with Gasteiger partial charge in [0.1, 0.15) is 11.0 Å². The third-order valence-corrected chi connectivity index (χ3v) is 3.46. The maximum atomic E-state index is 12.6. The number of alkyl halides is 3. The van der Waals surface area contributed by atoms with Gasteiger partial charge >= 0.3 is 6.18 Å². The maximum absolute atomic E-state index is 12.6. The Labute approximate surface area is 126 Å². The molecule has 0 fully saturated rings. The minimum atomic E-state index is -4.64. The molecule has 2 rings (SSSR count). The van der Waals surface area contributed by atoms with E-state index in [1.807, 2.05) is 6.92 Å². The Balaban J connectivity index is 2.33. The standard InChI is InChI=1S/C12H8BrClF3N3/c1-6-4-7(2-3-8(6)13)18-10-5-9(14)19-11(20-10)12(15,16)17/h2-5H,1H3,(H,18,19,20). The molecule has 0 saturated carbocycles. The number of aryl methyl sites for hydroxylation is 1. The van der Waals surface area contributed by atoms with Crippen molar-refractivity contribution in [3.63, 3.8) is 0 Å². The van der Waals surface area contributed by atoms with Gasteiger partial charge in [0.05, 0.1) is 0 Å². The number of nitrogens with zero attached hydrogens (tertiary/aromatic N) is 2. The number of hydrogen-bond acceptors (Lipinski definition) is 3. The molecule has 0 bridgehead atoms. The molecule has 1 aromatic heterocycles. The highest BCUT2D eigenvalue weighted by molar-refractivity contribution is 9.10. The lowest BCUT2D eigenvalue weighted by Gasteiger charge is -2.10. The van der Waals surface area contributed by atoms with E-state index in [4.69, 9.17) is 11.6 Å². The van der Waals surface area contributed by atoms with Gasteiger partial charge in [-0.25, -0.2) is 9.97 Å². The number of nitrogens with one attached hydrogen (secondary N) is 1. The smallest absolute Gasteiger partial charge is 0.340 e. The molecule has 0 radical (unpaired) electrons. The topological polar surface area (TPSA) is 37.8 Å². The average Bonchev–Trinajstić information content (AvgIpc) is 2.32. The van der Waals surface area contributed by atoms with Gasteiger partial charge in [-0.05, 0) is 30.7 Å². The number of hydrogen-bond donors (Lipinski definition) is 1. The number of anilines is 2. The summed E-state index contributed by atoms with van der Waals surface area (Å²) in [5.41, 5.74) is 1.54. The lowest BCUT2D eigenvalue weighted by Crippen LogP contribution is -2.12. The van der Waals surface area contributed by atoms with Crippen molar-refractivity contribution in [1.29, 1.82) is 0 Å². The summed E-state index contributed by atoms with van der Waals surface area (Å²) in [6.45, 7) is 1.86. The summed E-state index contributed by atoms with van der Waals surface area (Å²) in [5.74, 6) is -1.29. The second-order valence-corrected chi connectivity index (χ2v) is 5.23. The molecule has 1 aromatic carbocycles. The fourth-order valence-corrected chi connectivity index (χ4v) is 1.91. The van der Waals surface area contributed by atoms with Gasteiger partial charge in [0.15, 0.2) is 0 Å². The van der Waals surface area contributed by atoms with Crippen LogP contribution in [-0.4, -0.2) is 9.97 Å². The highest BCUT2D eigenvalue weighted by atomic mass is 79.9. The molecule has 20 heavy (non-hydrogen) atoms. The Morgan fingerprint density at radius 1 is 1.20 bits per heavy atom. The van der Waals surface area contributed by atoms with Gasteiger partial charge in [0.2, 0.25) is 5.82 Å². The molecule has 0 spiro atoms. The lowest BCUT2D eigenvalue weighted by atomic mass is 10.2.